The van der Waals surface area contributed by atoms with Gasteiger partial charge in [-0.3, -0.25) is 9.48 Å². The molecular formula is C26H30N4O3S. The van der Waals surface area contributed by atoms with Gasteiger partial charge in [0.15, 0.2) is 0 Å². The van der Waals surface area contributed by atoms with Crippen LogP contribution in [0.1, 0.15) is 59.2 Å². The highest BCUT2D eigenvalue weighted by molar-refractivity contribution is 7.90. The van der Waals surface area contributed by atoms with Crippen molar-refractivity contribution in [2.45, 2.75) is 58.4 Å². The van der Waals surface area contributed by atoms with Crippen LogP contribution in [0.25, 0.3) is 10.9 Å². The largest absolute Gasteiger partial charge is 0.361 e. The van der Waals surface area contributed by atoms with Crippen LogP contribution < -0.4 is 4.72 Å². The van der Waals surface area contributed by atoms with Crippen molar-refractivity contribution in [3.8, 4) is 0 Å². The van der Waals surface area contributed by atoms with Crippen LogP contribution in [-0.2, 0) is 22.0 Å². The zero-order valence-electron chi connectivity index (χ0n) is 20.4. The van der Waals surface area contributed by atoms with Crippen LogP contribution in [0.3, 0.4) is 0 Å². The molecule has 4 aromatic rings. The normalized spacial score (nSPS) is 12.3. The van der Waals surface area contributed by atoms with Gasteiger partial charge in [0.25, 0.3) is 15.9 Å². The van der Waals surface area contributed by atoms with E-state index in [0.29, 0.717) is 23.1 Å². The van der Waals surface area contributed by atoms with Crippen LogP contribution in [0.2, 0.25) is 0 Å². The minimum Gasteiger partial charge on any atom is -0.361 e. The molecule has 2 aromatic carbocycles. The molecule has 0 radical (unpaired) electrons. The van der Waals surface area contributed by atoms with Gasteiger partial charge >= 0.3 is 0 Å². The molecule has 0 spiro atoms. The number of aromatic amines is 1. The number of carbonyl (C=O) groups is 1. The highest BCUT2D eigenvalue weighted by atomic mass is 32.2. The summed E-state index contributed by atoms with van der Waals surface area (Å²) in [6.45, 7) is 12.5. The first-order chi connectivity index (χ1) is 15.9. The van der Waals surface area contributed by atoms with Gasteiger partial charge in [0, 0.05) is 22.5 Å². The fourth-order valence-electron chi connectivity index (χ4n) is 4.22. The van der Waals surface area contributed by atoms with Crippen molar-refractivity contribution in [2.75, 3.05) is 0 Å². The average Bonchev–Trinajstić information content (AvgIpc) is 3.36. The van der Waals surface area contributed by atoms with Crippen molar-refractivity contribution in [1.29, 1.82) is 0 Å². The van der Waals surface area contributed by atoms with Crippen LogP contribution in [0, 0.1) is 20.8 Å². The summed E-state index contributed by atoms with van der Waals surface area (Å²) in [7, 11) is -4.10. The molecule has 0 aliphatic rings. The number of hydrogen-bond acceptors (Lipinski definition) is 4. The predicted octanol–water partition coefficient (Wildman–Crippen LogP) is 4.75. The second-order valence-electron chi connectivity index (χ2n) is 9.83. The van der Waals surface area contributed by atoms with Gasteiger partial charge in [0.05, 0.1) is 17.1 Å². The highest BCUT2D eigenvalue weighted by Crippen LogP contribution is 2.25. The molecule has 2 N–H and O–H groups in total. The van der Waals surface area contributed by atoms with Crippen molar-refractivity contribution < 1.29 is 13.2 Å². The van der Waals surface area contributed by atoms with Gasteiger partial charge in [-0.05, 0) is 61.7 Å². The molecule has 0 aliphatic carbocycles. The Hall–Kier alpha value is -3.39. The lowest BCUT2D eigenvalue weighted by Crippen LogP contribution is -2.32. The van der Waals surface area contributed by atoms with Gasteiger partial charge in [-0.1, -0.05) is 44.5 Å². The van der Waals surface area contributed by atoms with Crippen LogP contribution in [0.5, 0.6) is 0 Å². The Labute approximate surface area is 200 Å². The van der Waals surface area contributed by atoms with E-state index in [9.17, 15) is 13.2 Å². The summed E-state index contributed by atoms with van der Waals surface area (Å²) >= 11 is 0. The molecule has 0 fully saturated rings. The monoisotopic (exact) mass is 478 g/mol. The number of nitrogens with one attached hydrogen (secondary N) is 2. The molecule has 1 amide bonds. The molecule has 34 heavy (non-hydrogen) atoms. The molecule has 178 valence electrons. The number of fused-ring (bicyclic) bond motifs is 1. The number of benzene rings is 2. The summed E-state index contributed by atoms with van der Waals surface area (Å²) < 4.78 is 30.2. The maximum absolute atomic E-state index is 13.3. The number of hydrogen-bond donors (Lipinski definition) is 2. The van der Waals surface area contributed by atoms with Gasteiger partial charge in [-0.2, -0.15) is 5.10 Å². The standard InChI is InChI=1S/C26H30N4O3S/c1-16-12-17(2)20(18(3)13-16)15-30-22(14-24(28-30)26(4,5)6)25(31)29-34(32,33)23-9-7-8-21-19(23)10-11-27-21/h7-14,27H,15H2,1-6H3,(H,29,31). The number of carbonyl (C=O) groups excluding carboxylic acids is 1. The third kappa shape index (κ3) is 4.50. The average molecular weight is 479 g/mol. The van der Waals surface area contributed by atoms with Gasteiger partial charge in [0.2, 0.25) is 0 Å². The summed E-state index contributed by atoms with van der Waals surface area (Å²) in [6, 6.07) is 12.5. The summed E-state index contributed by atoms with van der Waals surface area (Å²) in [4.78, 5) is 16.4. The maximum Gasteiger partial charge on any atom is 0.283 e. The van der Waals surface area contributed by atoms with Crippen molar-refractivity contribution in [3.05, 3.63) is 82.3 Å². The quantitative estimate of drug-likeness (QED) is 0.432. The van der Waals surface area contributed by atoms with E-state index < -0.39 is 15.9 Å². The number of nitrogens with zero attached hydrogens (tertiary/aromatic N) is 2. The first-order valence-corrected chi connectivity index (χ1v) is 12.6. The molecule has 4 rings (SSSR count). The molecule has 2 heterocycles. The van der Waals surface area contributed by atoms with E-state index in [1.807, 2.05) is 41.5 Å². The van der Waals surface area contributed by atoms with Crippen molar-refractivity contribution in [2.24, 2.45) is 0 Å². The molecule has 0 atom stereocenters. The number of amides is 1. The zero-order valence-corrected chi connectivity index (χ0v) is 21.2. The molecule has 0 saturated heterocycles. The fraction of sp³-hybridized carbons (Fsp3) is 0.308. The number of aromatic nitrogens is 3. The van der Waals surface area contributed by atoms with Gasteiger partial charge in [-0.15, -0.1) is 0 Å². The van der Waals surface area contributed by atoms with Crippen LogP contribution in [-0.4, -0.2) is 29.1 Å². The van der Waals surface area contributed by atoms with Crippen molar-refractivity contribution >= 4 is 26.8 Å². The molecule has 0 bridgehead atoms. The first-order valence-electron chi connectivity index (χ1n) is 11.1. The van der Waals surface area contributed by atoms with E-state index in [1.165, 1.54) is 6.07 Å². The SMILES string of the molecule is Cc1cc(C)c(Cn2nc(C(C)(C)C)cc2C(=O)NS(=O)(=O)c2cccc3[nH]ccc23)c(C)c1. The Morgan fingerprint density at radius 2 is 1.74 bits per heavy atom. The van der Waals surface area contributed by atoms with Crippen LogP contribution >= 0.6 is 0 Å². The van der Waals surface area contributed by atoms with Crippen LogP contribution in [0.4, 0.5) is 0 Å². The Balaban J connectivity index is 1.74. The van der Waals surface area contributed by atoms with Crippen LogP contribution in [0.15, 0.2) is 53.6 Å². The van der Waals surface area contributed by atoms with Crippen molar-refractivity contribution in [3.63, 3.8) is 0 Å². The molecule has 7 nitrogen and oxygen atoms in total. The van der Waals surface area contributed by atoms with E-state index in [2.05, 4.69) is 21.8 Å². The van der Waals surface area contributed by atoms with E-state index in [-0.39, 0.29) is 16.0 Å². The van der Waals surface area contributed by atoms with E-state index >= 15 is 0 Å². The molecule has 0 unspecified atom stereocenters. The summed E-state index contributed by atoms with van der Waals surface area (Å²) in [5.74, 6) is -0.710. The smallest absolute Gasteiger partial charge is 0.283 e. The minimum absolute atomic E-state index is 0.0481. The number of sulfonamides is 1. The second-order valence-corrected chi connectivity index (χ2v) is 11.5. The Bertz CT molecular complexity index is 1480. The molecular weight excluding hydrogens is 448 g/mol. The first kappa shape index (κ1) is 23.8. The van der Waals surface area contributed by atoms with Crippen molar-refractivity contribution in [1.82, 2.24) is 19.5 Å². The molecule has 0 saturated carbocycles. The topological polar surface area (TPSA) is 96.8 Å². The number of H-pyrrole nitrogens is 1. The third-order valence-electron chi connectivity index (χ3n) is 6.00. The lowest BCUT2D eigenvalue weighted by Gasteiger charge is -2.15. The van der Waals surface area contributed by atoms with E-state index in [1.54, 1.807) is 35.1 Å². The summed E-state index contributed by atoms with van der Waals surface area (Å²) in [5, 5.41) is 5.23. The number of aryl methyl sites for hydroxylation is 3. The van der Waals surface area contributed by atoms with Gasteiger partial charge < -0.3 is 4.98 Å². The van der Waals surface area contributed by atoms with E-state index in [4.69, 9.17) is 5.10 Å². The van der Waals surface area contributed by atoms with Gasteiger partial charge in [0.1, 0.15) is 5.69 Å². The third-order valence-corrected chi connectivity index (χ3v) is 7.39. The molecule has 2 aromatic heterocycles. The lowest BCUT2D eigenvalue weighted by atomic mass is 9.92. The fourth-order valence-corrected chi connectivity index (χ4v) is 5.40. The second kappa shape index (κ2) is 8.43. The Morgan fingerprint density at radius 1 is 1.06 bits per heavy atom. The molecule has 8 heteroatoms. The maximum atomic E-state index is 13.3. The molecule has 0 aliphatic heterocycles. The summed E-state index contributed by atoms with van der Waals surface area (Å²) in [5.41, 5.74) is 5.71. The Morgan fingerprint density at radius 3 is 2.38 bits per heavy atom. The predicted molar refractivity (Wildman–Crippen MR) is 134 cm³/mol. The summed E-state index contributed by atoms with van der Waals surface area (Å²) in [6.07, 6.45) is 1.67. The highest BCUT2D eigenvalue weighted by Gasteiger charge is 2.27. The van der Waals surface area contributed by atoms with Gasteiger partial charge in [-0.25, -0.2) is 13.1 Å². The van der Waals surface area contributed by atoms with E-state index in [0.717, 1.165) is 22.3 Å². The zero-order chi connectivity index (χ0) is 24.8. The number of rotatable bonds is 5. The minimum atomic E-state index is -4.10. The lowest BCUT2D eigenvalue weighted by molar-refractivity contribution is 0.0971. The Kier molecular flexibility index (Phi) is 5.89.